The van der Waals surface area contributed by atoms with Crippen LogP contribution in [-0.2, 0) is 6.54 Å². The molecule has 3 aromatic rings. The molecule has 162 valence electrons. The number of rotatable bonds is 7. The van der Waals surface area contributed by atoms with E-state index < -0.39 is 0 Å². The van der Waals surface area contributed by atoms with Crippen molar-refractivity contribution in [3.05, 3.63) is 77.7 Å². The average Bonchev–Trinajstić information content (AvgIpc) is 3.20. The molecule has 0 bridgehead atoms. The summed E-state index contributed by atoms with van der Waals surface area (Å²) in [6.07, 6.45) is 3.06. The minimum atomic E-state index is 0.140. The van der Waals surface area contributed by atoms with E-state index in [1.165, 1.54) is 0 Å². The summed E-state index contributed by atoms with van der Waals surface area (Å²) in [7, 11) is 0. The first-order valence-corrected chi connectivity index (χ1v) is 11.3. The first kappa shape index (κ1) is 21.3. The summed E-state index contributed by atoms with van der Waals surface area (Å²) in [5.41, 5.74) is 2.79. The number of hydrogen-bond acceptors (Lipinski definition) is 4. The highest BCUT2D eigenvalue weighted by molar-refractivity contribution is 5.94. The van der Waals surface area contributed by atoms with Crippen molar-refractivity contribution >= 4 is 5.91 Å². The van der Waals surface area contributed by atoms with Gasteiger partial charge in [0.2, 0.25) is 5.89 Å². The zero-order valence-electron chi connectivity index (χ0n) is 18.5. The summed E-state index contributed by atoms with van der Waals surface area (Å²) in [5, 5.41) is 0. The minimum Gasteiger partial charge on any atom is -0.441 e. The smallest absolute Gasteiger partial charge is 0.253 e. The maximum Gasteiger partial charge on any atom is 0.253 e. The zero-order chi connectivity index (χ0) is 21.6. The molecule has 0 saturated carbocycles. The number of benzene rings is 2. The monoisotopic (exact) mass is 417 g/mol. The van der Waals surface area contributed by atoms with Crippen LogP contribution in [0.1, 0.15) is 48.0 Å². The molecule has 31 heavy (non-hydrogen) atoms. The van der Waals surface area contributed by atoms with E-state index in [-0.39, 0.29) is 5.91 Å². The van der Waals surface area contributed by atoms with Crippen LogP contribution in [0.5, 0.6) is 0 Å². The van der Waals surface area contributed by atoms with Crippen molar-refractivity contribution in [3.63, 3.8) is 0 Å². The van der Waals surface area contributed by atoms with Crippen molar-refractivity contribution in [1.82, 2.24) is 14.8 Å². The van der Waals surface area contributed by atoms with Gasteiger partial charge < -0.3 is 9.32 Å². The first-order valence-electron chi connectivity index (χ1n) is 11.3. The molecule has 1 aromatic heterocycles. The second-order valence-corrected chi connectivity index (χ2v) is 8.25. The van der Waals surface area contributed by atoms with E-state index in [4.69, 9.17) is 9.40 Å². The highest BCUT2D eigenvalue weighted by Crippen LogP contribution is 2.25. The molecule has 4 rings (SSSR count). The van der Waals surface area contributed by atoms with E-state index in [9.17, 15) is 4.79 Å². The maximum atomic E-state index is 12.8. The van der Waals surface area contributed by atoms with Crippen LogP contribution in [-0.4, -0.2) is 46.4 Å². The topological polar surface area (TPSA) is 49.6 Å². The molecule has 0 aliphatic carbocycles. The molecule has 2 heterocycles. The summed E-state index contributed by atoms with van der Waals surface area (Å²) in [6.45, 7) is 7.61. The van der Waals surface area contributed by atoms with Crippen molar-refractivity contribution in [2.24, 2.45) is 0 Å². The Balaban J connectivity index is 1.41. The Morgan fingerprint density at radius 2 is 1.71 bits per heavy atom. The molecule has 0 atom stereocenters. The van der Waals surface area contributed by atoms with Gasteiger partial charge in [-0.15, -0.1) is 0 Å². The number of amides is 1. The van der Waals surface area contributed by atoms with Crippen LogP contribution in [0.3, 0.4) is 0 Å². The standard InChI is InChI=1S/C26H31N3O2/c1-3-16-29(19-24-20(2)31-25(27-24)21-10-6-4-7-11-21)23-14-17-28(18-15-23)26(30)22-12-8-5-9-13-22/h4-13,23H,3,14-19H2,1-2H3. The van der Waals surface area contributed by atoms with Crippen LogP contribution in [0.25, 0.3) is 11.5 Å². The van der Waals surface area contributed by atoms with Crippen molar-refractivity contribution in [3.8, 4) is 11.5 Å². The Kier molecular flexibility index (Phi) is 6.82. The molecule has 0 radical (unpaired) electrons. The predicted molar refractivity (Wildman–Crippen MR) is 123 cm³/mol. The van der Waals surface area contributed by atoms with E-state index in [0.29, 0.717) is 11.9 Å². The third-order valence-corrected chi connectivity index (χ3v) is 6.07. The normalized spacial score (nSPS) is 14.9. The van der Waals surface area contributed by atoms with Gasteiger partial charge in [0.1, 0.15) is 5.76 Å². The fourth-order valence-electron chi connectivity index (χ4n) is 4.35. The lowest BCUT2D eigenvalue weighted by atomic mass is 10.0. The quantitative estimate of drug-likeness (QED) is 0.532. The van der Waals surface area contributed by atoms with Gasteiger partial charge in [0.15, 0.2) is 0 Å². The van der Waals surface area contributed by atoms with Gasteiger partial charge in [-0.3, -0.25) is 9.69 Å². The molecule has 0 N–H and O–H groups in total. The van der Waals surface area contributed by atoms with Gasteiger partial charge >= 0.3 is 0 Å². The summed E-state index contributed by atoms with van der Waals surface area (Å²) < 4.78 is 5.97. The van der Waals surface area contributed by atoms with Crippen LogP contribution in [0.2, 0.25) is 0 Å². The molecule has 0 spiro atoms. The Bertz CT molecular complexity index is 976. The molecule has 1 aliphatic rings. The molecule has 1 amide bonds. The third kappa shape index (κ3) is 5.05. The van der Waals surface area contributed by atoms with Crippen LogP contribution < -0.4 is 0 Å². The maximum absolute atomic E-state index is 12.8. The van der Waals surface area contributed by atoms with E-state index in [1.807, 2.05) is 72.5 Å². The lowest BCUT2D eigenvalue weighted by molar-refractivity contribution is 0.0605. The summed E-state index contributed by atoms with van der Waals surface area (Å²) >= 11 is 0. The highest BCUT2D eigenvalue weighted by atomic mass is 16.4. The summed E-state index contributed by atoms with van der Waals surface area (Å²) in [6, 6.07) is 20.1. The van der Waals surface area contributed by atoms with Gasteiger partial charge in [-0.2, -0.15) is 0 Å². The fourth-order valence-corrected chi connectivity index (χ4v) is 4.35. The van der Waals surface area contributed by atoms with E-state index in [0.717, 1.165) is 68.0 Å². The number of aryl methyl sites for hydroxylation is 1. The number of carbonyl (C=O) groups excluding carboxylic acids is 1. The van der Waals surface area contributed by atoms with Crippen LogP contribution in [0, 0.1) is 6.92 Å². The Hall–Kier alpha value is -2.92. The third-order valence-electron chi connectivity index (χ3n) is 6.07. The molecule has 1 fully saturated rings. The first-order chi connectivity index (χ1) is 15.2. The van der Waals surface area contributed by atoms with Gasteiger partial charge in [-0.1, -0.05) is 43.3 Å². The number of hydrogen-bond donors (Lipinski definition) is 0. The van der Waals surface area contributed by atoms with Crippen molar-refractivity contribution < 1.29 is 9.21 Å². The second-order valence-electron chi connectivity index (χ2n) is 8.25. The van der Waals surface area contributed by atoms with Gasteiger partial charge in [0, 0.05) is 36.8 Å². The van der Waals surface area contributed by atoms with Gasteiger partial charge in [-0.05, 0) is 57.0 Å². The van der Waals surface area contributed by atoms with Crippen LogP contribution in [0.15, 0.2) is 65.1 Å². The highest BCUT2D eigenvalue weighted by Gasteiger charge is 2.28. The Morgan fingerprint density at radius 3 is 2.35 bits per heavy atom. The van der Waals surface area contributed by atoms with E-state index >= 15 is 0 Å². The van der Waals surface area contributed by atoms with E-state index in [1.54, 1.807) is 0 Å². The molecular weight excluding hydrogens is 386 g/mol. The van der Waals surface area contributed by atoms with E-state index in [2.05, 4.69) is 11.8 Å². The zero-order valence-corrected chi connectivity index (χ0v) is 18.5. The predicted octanol–water partition coefficient (Wildman–Crippen LogP) is 5.17. The minimum absolute atomic E-state index is 0.140. The number of aromatic nitrogens is 1. The fraction of sp³-hybridized carbons (Fsp3) is 0.385. The van der Waals surface area contributed by atoms with Crippen molar-refractivity contribution in [1.29, 1.82) is 0 Å². The number of carbonyl (C=O) groups is 1. The molecular formula is C26H31N3O2. The van der Waals surface area contributed by atoms with Crippen LogP contribution >= 0.6 is 0 Å². The van der Waals surface area contributed by atoms with Gasteiger partial charge in [0.25, 0.3) is 5.91 Å². The molecule has 2 aromatic carbocycles. The van der Waals surface area contributed by atoms with Crippen molar-refractivity contribution in [2.45, 2.75) is 45.7 Å². The number of nitrogens with zero attached hydrogens (tertiary/aromatic N) is 3. The SMILES string of the molecule is CCCN(Cc1nc(-c2ccccc2)oc1C)C1CCN(C(=O)c2ccccc2)CC1. The lowest BCUT2D eigenvalue weighted by Crippen LogP contribution is -2.46. The second kappa shape index (κ2) is 9.92. The number of piperidine rings is 1. The average molecular weight is 418 g/mol. The Labute approximate surface area is 184 Å². The Morgan fingerprint density at radius 1 is 1.06 bits per heavy atom. The molecule has 0 unspecified atom stereocenters. The molecule has 1 aliphatic heterocycles. The largest absolute Gasteiger partial charge is 0.441 e. The summed E-state index contributed by atoms with van der Waals surface area (Å²) in [5.74, 6) is 1.71. The van der Waals surface area contributed by atoms with Crippen molar-refractivity contribution in [2.75, 3.05) is 19.6 Å². The number of oxazole rings is 1. The lowest BCUT2D eigenvalue weighted by Gasteiger charge is -2.38. The molecule has 1 saturated heterocycles. The molecule has 5 heteroatoms. The summed E-state index contributed by atoms with van der Waals surface area (Å²) in [4.78, 5) is 22.1. The van der Waals surface area contributed by atoms with Gasteiger partial charge in [-0.25, -0.2) is 4.98 Å². The molecule has 5 nitrogen and oxygen atoms in total. The van der Waals surface area contributed by atoms with Gasteiger partial charge in [0.05, 0.1) is 5.69 Å². The van der Waals surface area contributed by atoms with Crippen LogP contribution in [0.4, 0.5) is 0 Å². The number of likely N-dealkylation sites (tertiary alicyclic amines) is 1.